The van der Waals surface area contributed by atoms with Gasteiger partial charge in [-0.25, -0.2) is 10.7 Å². The van der Waals surface area contributed by atoms with Crippen molar-refractivity contribution in [3.8, 4) is 0 Å². The lowest BCUT2D eigenvalue weighted by molar-refractivity contribution is -0.144. The van der Waals surface area contributed by atoms with E-state index in [2.05, 4.69) is 10.7 Å². The molecule has 0 fully saturated rings. The number of hydrogen-bond acceptors (Lipinski definition) is 5. The maximum atomic E-state index is 11.0. The van der Waals surface area contributed by atoms with Gasteiger partial charge in [-0.1, -0.05) is 24.3 Å². The van der Waals surface area contributed by atoms with Crippen LogP contribution in [0.15, 0.2) is 24.3 Å². The quantitative estimate of drug-likeness (QED) is 0.569. The summed E-state index contributed by atoms with van der Waals surface area (Å²) in [6, 6.07) is 7.89. The molecule has 1 aliphatic rings. The summed E-state index contributed by atoms with van der Waals surface area (Å²) in [6.07, 6.45) is 1.73. The van der Waals surface area contributed by atoms with Crippen molar-refractivity contribution in [1.29, 1.82) is 0 Å². The van der Waals surface area contributed by atoms with Crippen molar-refractivity contribution in [2.75, 3.05) is 6.61 Å². The SMILES string of the molecule is NC1(C(=O)O)CCc2ccccc2C1.NOCC(=O)O. The topological polar surface area (TPSA) is 136 Å². The normalized spacial score (nSPS) is 20.3. The third kappa shape index (κ3) is 4.30. The van der Waals surface area contributed by atoms with E-state index in [1.54, 1.807) is 0 Å². The lowest BCUT2D eigenvalue weighted by Crippen LogP contribution is -2.52. The van der Waals surface area contributed by atoms with Crippen molar-refractivity contribution in [2.24, 2.45) is 11.6 Å². The molecule has 0 heterocycles. The van der Waals surface area contributed by atoms with Gasteiger partial charge in [0.2, 0.25) is 0 Å². The Labute approximate surface area is 116 Å². The Morgan fingerprint density at radius 3 is 2.30 bits per heavy atom. The fourth-order valence-corrected chi connectivity index (χ4v) is 2.01. The lowest BCUT2D eigenvalue weighted by Gasteiger charge is -2.30. The van der Waals surface area contributed by atoms with Gasteiger partial charge in [0.1, 0.15) is 5.54 Å². The van der Waals surface area contributed by atoms with Crippen LogP contribution in [0.4, 0.5) is 0 Å². The zero-order valence-electron chi connectivity index (χ0n) is 10.9. The monoisotopic (exact) mass is 282 g/mol. The van der Waals surface area contributed by atoms with Crippen LogP contribution in [-0.2, 0) is 27.3 Å². The molecule has 0 amide bonds. The first-order valence-corrected chi connectivity index (χ1v) is 6.01. The van der Waals surface area contributed by atoms with Crippen LogP contribution >= 0.6 is 0 Å². The number of carboxylic acid groups (broad SMARTS) is 2. The molecule has 0 bridgehead atoms. The van der Waals surface area contributed by atoms with Gasteiger partial charge in [-0.15, -0.1) is 0 Å². The summed E-state index contributed by atoms with van der Waals surface area (Å²) >= 11 is 0. The molecule has 0 aromatic heterocycles. The third-order valence-corrected chi connectivity index (χ3v) is 3.10. The van der Waals surface area contributed by atoms with Gasteiger partial charge >= 0.3 is 11.9 Å². The molecule has 2 rings (SSSR count). The number of nitrogens with two attached hydrogens (primary N) is 2. The van der Waals surface area contributed by atoms with Crippen LogP contribution in [0.3, 0.4) is 0 Å². The highest BCUT2D eigenvalue weighted by Crippen LogP contribution is 2.26. The second-order valence-corrected chi connectivity index (χ2v) is 4.61. The molecule has 1 aromatic rings. The average molecular weight is 282 g/mol. The van der Waals surface area contributed by atoms with E-state index in [9.17, 15) is 9.59 Å². The van der Waals surface area contributed by atoms with Crippen LogP contribution in [-0.4, -0.2) is 34.3 Å². The molecule has 6 N–H and O–H groups in total. The van der Waals surface area contributed by atoms with E-state index in [0.29, 0.717) is 12.8 Å². The van der Waals surface area contributed by atoms with Gasteiger partial charge in [-0.3, -0.25) is 9.63 Å². The van der Waals surface area contributed by atoms with Gasteiger partial charge < -0.3 is 15.9 Å². The maximum Gasteiger partial charge on any atom is 0.331 e. The van der Waals surface area contributed by atoms with Crippen molar-refractivity contribution in [2.45, 2.75) is 24.8 Å². The Bertz CT molecular complexity index is 491. The molecule has 1 aromatic carbocycles. The maximum absolute atomic E-state index is 11.0. The second kappa shape index (κ2) is 6.99. The van der Waals surface area contributed by atoms with Crippen molar-refractivity contribution >= 4 is 11.9 Å². The molecule has 0 saturated carbocycles. The number of benzene rings is 1. The van der Waals surface area contributed by atoms with Crippen LogP contribution in [0.1, 0.15) is 17.5 Å². The van der Waals surface area contributed by atoms with E-state index >= 15 is 0 Å². The summed E-state index contributed by atoms with van der Waals surface area (Å²) in [4.78, 5) is 24.1. The number of rotatable bonds is 3. The predicted molar refractivity (Wildman–Crippen MR) is 70.8 cm³/mol. The summed E-state index contributed by atoms with van der Waals surface area (Å²) in [5.74, 6) is 2.39. The number of hydrogen-bond donors (Lipinski definition) is 4. The summed E-state index contributed by atoms with van der Waals surface area (Å²) in [5.41, 5.74) is 7.06. The summed E-state index contributed by atoms with van der Waals surface area (Å²) < 4.78 is 0. The molecule has 1 aliphatic carbocycles. The molecule has 7 heteroatoms. The Morgan fingerprint density at radius 1 is 1.25 bits per heavy atom. The minimum absolute atomic E-state index is 0.431. The fraction of sp³-hybridized carbons (Fsp3) is 0.385. The van der Waals surface area contributed by atoms with Crippen molar-refractivity contribution in [3.05, 3.63) is 35.4 Å². The minimum atomic E-state index is -1.06. The summed E-state index contributed by atoms with van der Waals surface area (Å²) in [6.45, 7) is -0.431. The smallest absolute Gasteiger partial charge is 0.331 e. The highest BCUT2D eigenvalue weighted by molar-refractivity contribution is 5.79. The molecule has 0 aliphatic heterocycles. The Hall–Kier alpha value is -1.96. The highest BCUT2D eigenvalue weighted by atomic mass is 16.6. The number of carbonyl (C=O) groups is 2. The van der Waals surface area contributed by atoms with Gasteiger partial charge in [-0.2, -0.15) is 0 Å². The van der Waals surface area contributed by atoms with Gasteiger partial charge in [-0.05, 0) is 24.0 Å². The lowest BCUT2D eigenvalue weighted by atomic mass is 9.79. The third-order valence-electron chi connectivity index (χ3n) is 3.10. The van der Waals surface area contributed by atoms with E-state index < -0.39 is 24.1 Å². The molecule has 0 spiro atoms. The highest BCUT2D eigenvalue weighted by Gasteiger charge is 2.37. The molecule has 110 valence electrons. The van der Waals surface area contributed by atoms with Crippen molar-refractivity contribution in [1.82, 2.24) is 0 Å². The van der Waals surface area contributed by atoms with Crippen LogP contribution in [0.5, 0.6) is 0 Å². The Kier molecular flexibility index (Phi) is 5.63. The standard InChI is InChI=1S/C11H13NO2.C2H5NO3/c12-11(10(13)14)6-5-8-3-1-2-4-9(8)7-11;3-6-1-2(4)5/h1-4H,5-7,12H2,(H,13,14);1,3H2,(H,4,5). The molecule has 0 radical (unpaired) electrons. The van der Waals surface area contributed by atoms with Gasteiger partial charge in [0.05, 0.1) is 0 Å². The summed E-state index contributed by atoms with van der Waals surface area (Å²) in [7, 11) is 0. The summed E-state index contributed by atoms with van der Waals surface area (Å²) in [5, 5.41) is 16.7. The van der Waals surface area contributed by atoms with Crippen molar-refractivity contribution in [3.63, 3.8) is 0 Å². The van der Waals surface area contributed by atoms with E-state index in [4.69, 9.17) is 15.9 Å². The molecule has 7 nitrogen and oxygen atoms in total. The van der Waals surface area contributed by atoms with Crippen LogP contribution in [0.25, 0.3) is 0 Å². The average Bonchev–Trinajstić information content (AvgIpc) is 2.39. The number of aryl methyl sites for hydroxylation is 1. The molecule has 1 unspecified atom stereocenters. The van der Waals surface area contributed by atoms with Gasteiger partial charge in [0.15, 0.2) is 6.61 Å². The van der Waals surface area contributed by atoms with E-state index in [1.807, 2.05) is 24.3 Å². The minimum Gasteiger partial charge on any atom is -0.480 e. The number of aliphatic carboxylic acids is 2. The predicted octanol–water partition coefficient (Wildman–Crippen LogP) is -0.0813. The first-order chi connectivity index (χ1) is 9.39. The Balaban J connectivity index is 0.000000286. The number of fused-ring (bicyclic) bond motifs is 1. The zero-order chi connectivity index (χ0) is 15.2. The van der Waals surface area contributed by atoms with E-state index in [1.165, 1.54) is 5.56 Å². The van der Waals surface area contributed by atoms with Crippen LogP contribution < -0.4 is 11.6 Å². The van der Waals surface area contributed by atoms with E-state index in [-0.39, 0.29) is 0 Å². The van der Waals surface area contributed by atoms with E-state index in [0.717, 1.165) is 12.0 Å². The first-order valence-electron chi connectivity index (χ1n) is 6.01. The Morgan fingerprint density at radius 2 is 1.85 bits per heavy atom. The second-order valence-electron chi connectivity index (χ2n) is 4.61. The first kappa shape index (κ1) is 16.1. The zero-order valence-corrected chi connectivity index (χ0v) is 10.9. The fourth-order valence-electron chi connectivity index (χ4n) is 2.01. The van der Waals surface area contributed by atoms with Gasteiger partial charge in [0, 0.05) is 6.42 Å². The molecule has 1 atom stereocenters. The van der Waals surface area contributed by atoms with Gasteiger partial charge in [0.25, 0.3) is 0 Å². The number of carboxylic acids is 2. The largest absolute Gasteiger partial charge is 0.480 e. The van der Waals surface area contributed by atoms with Crippen LogP contribution in [0, 0.1) is 0 Å². The molecule has 20 heavy (non-hydrogen) atoms. The molecular formula is C13H18N2O5. The van der Waals surface area contributed by atoms with Crippen molar-refractivity contribution < 1.29 is 24.6 Å². The molecular weight excluding hydrogens is 264 g/mol. The van der Waals surface area contributed by atoms with Crippen LogP contribution in [0.2, 0.25) is 0 Å². The molecule has 0 saturated heterocycles.